The molecule has 1 aliphatic rings. The van der Waals surface area contributed by atoms with Crippen molar-refractivity contribution in [1.82, 2.24) is 20.8 Å². The van der Waals surface area contributed by atoms with Gasteiger partial charge in [0.25, 0.3) is 0 Å². The first-order chi connectivity index (χ1) is 7.84. The Kier molecular flexibility index (Phi) is 2.34. The van der Waals surface area contributed by atoms with Gasteiger partial charge < -0.3 is 10.6 Å². The number of hydrogen-bond acceptors (Lipinski definition) is 3. The van der Waals surface area contributed by atoms with E-state index >= 15 is 0 Å². The van der Waals surface area contributed by atoms with Gasteiger partial charge in [-0.2, -0.15) is 5.10 Å². The molecule has 5 heteroatoms. The minimum absolute atomic E-state index is 0.157. The summed E-state index contributed by atoms with van der Waals surface area (Å²) in [6.07, 6.45) is 1.75. The Morgan fingerprint density at radius 3 is 3.06 bits per heavy atom. The maximum atomic E-state index is 13.4. The standard InChI is InChI=1S/C11H13FN4/c12-7-3-8(11-6-13-1-2-14-11)9-5-15-16-10(9)4-7/h3-5,11,13-14H,1-2,6H2,(H,15,16). The molecule has 1 fully saturated rings. The van der Waals surface area contributed by atoms with Crippen molar-refractivity contribution in [1.29, 1.82) is 0 Å². The fourth-order valence-electron chi connectivity index (χ4n) is 2.20. The van der Waals surface area contributed by atoms with Crippen LogP contribution in [0, 0.1) is 5.82 Å². The highest BCUT2D eigenvalue weighted by Crippen LogP contribution is 2.24. The molecule has 1 unspecified atom stereocenters. The lowest BCUT2D eigenvalue weighted by molar-refractivity contribution is 0.431. The predicted octanol–water partition coefficient (Wildman–Crippen LogP) is 0.936. The van der Waals surface area contributed by atoms with Crippen LogP contribution in [0.2, 0.25) is 0 Å². The zero-order valence-corrected chi connectivity index (χ0v) is 8.76. The second-order valence-electron chi connectivity index (χ2n) is 4.04. The van der Waals surface area contributed by atoms with Crippen molar-refractivity contribution in [2.75, 3.05) is 19.6 Å². The van der Waals surface area contributed by atoms with Crippen LogP contribution in [0.15, 0.2) is 18.3 Å². The SMILES string of the molecule is Fc1cc(C2CNCCN2)c2cn[nH]c2c1. The number of piperazine rings is 1. The zero-order chi connectivity index (χ0) is 11.0. The van der Waals surface area contributed by atoms with Crippen molar-refractivity contribution in [3.63, 3.8) is 0 Å². The van der Waals surface area contributed by atoms with Crippen LogP contribution < -0.4 is 10.6 Å². The Bertz CT molecular complexity index is 502. The van der Waals surface area contributed by atoms with Gasteiger partial charge in [-0.05, 0) is 17.7 Å². The van der Waals surface area contributed by atoms with Crippen LogP contribution >= 0.6 is 0 Å². The minimum Gasteiger partial charge on any atom is -0.314 e. The summed E-state index contributed by atoms with van der Waals surface area (Å²) in [5, 5.41) is 14.4. The maximum absolute atomic E-state index is 13.4. The molecule has 1 aromatic carbocycles. The fraction of sp³-hybridized carbons (Fsp3) is 0.364. The molecule has 2 aromatic rings. The van der Waals surface area contributed by atoms with Crippen LogP contribution in [-0.4, -0.2) is 29.8 Å². The van der Waals surface area contributed by atoms with Gasteiger partial charge in [0.15, 0.2) is 0 Å². The van der Waals surface area contributed by atoms with E-state index in [-0.39, 0.29) is 11.9 Å². The molecular formula is C11H13FN4. The summed E-state index contributed by atoms with van der Waals surface area (Å²) in [5.74, 6) is -0.223. The van der Waals surface area contributed by atoms with Crippen molar-refractivity contribution < 1.29 is 4.39 Å². The second-order valence-corrected chi connectivity index (χ2v) is 4.04. The van der Waals surface area contributed by atoms with E-state index < -0.39 is 0 Å². The first-order valence-corrected chi connectivity index (χ1v) is 5.41. The quantitative estimate of drug-likeness (QED) is 0.670. The van der Waals surface area contributed by atoms with Crippen LogP contribution in [0.4, 0.5) is 4.39 Å². The molecule has 84 valence electrons. The number of benzene rings is 1. The molecule has 2 heterocycles. The van der Waals surface area contributed by atoms with Crippen LogP contribution in [0.1, 0.15) is 11.6 Å². The summed E-state index contributed by atoms with van der Waals surface area (Å²) in [5.41, 5.74) is 1.72. The molecule has 0 radical (unpaired) electrons. The molecule has 0 amide bonds. The smallest absolute Gasteiger partial charge is 0.125 e. The van der Waals surface area contributed by atoms with Crippen LogP contribution in [0.3, 0.4) is 0 Å². The number of H-pyrrole nitrogens is 1. The number of nitrogens with zero attached hydrogens (tertiary/aromatic N) is 1. The van der Waals surface area contributed by atoms with Crippen molar-refractivity contribution in [2.24, 2.45) is 0 Å². The van der Waals surface area contributed by atoms with Gasteiger partial charge >= 0.3 is 0 Å². The number of aromatic nitrogens is 2. The largest absolute Gasteiger partial charge is 0.314 e. The highest BCUT2D eigenvalue weighted by Gasteiger charge is 2.18. The van der Waals surface area contributed by atoms with E-state index in [1.54, 1.807) is 12.3 Å². The third-order valence-corrected chi connectivity index (χ3v) is 2.97. The van der Waals surface area contributed by atoms with Crippen molar-refractivity contribution in [2.45, 2.75) is 6.04 Å². The lowest BCUT2D eigenvalue weighted by Crippen LogP contribution is -2.42. The molecule has 0 saturated carbocycles. The summed E-state index contributed by atoms with van der Waals surface area (Å²) in [4.78, 5) is 0. The molecule has 0 spiro atoms. The van der Waals surface area contributed by atoms with Crippen LogP contribution in [0.5, 0.6) is 0 Å². The number of halogens is 1. The molecule has 0 aliphatic carbocycles. The van der Waals surface area contributed by atoms with Crippen molar-refractivity contribution in [3.8, 4) is 0 Å². The summed E-state index contributed by atoms with van der Waals surface area (Å²) in [6.45, 7) is 2.69. The maximum Gasteiger partial charge on any atom is 0.125 e. The van der Waals surface area contributed by atoms with E-state index in [9.17, 15) is 4.39 Å². The molecule has 1 atom stereocenters. The van der Waals surface area contributed by atoms with Gasteiger partial charge in [0.1, 0.15) is 5.82 Å². The number of nitrogens with one attached hydrogen (secondary N) is 3. The Morgan fingerprint density at radius 1 is 1.31 bits per heavy atom. The van der Waals surface area contributed by atoms with E-state index in [0.717, 1.165) is 36.1 Å². The van der Waals surface area contributed by atoms with Gasteiger partial charge in [-0.3, -0.25) is 5.10 Å². The van der Waals surface area contributed by atoms with Gasteiger partial charge in [-0.1, -0.05) is 0 Å². The number of rotatable bonds is 1. The van der Waals surface area contributed by atoms with E-state index in [2.05, 4.69) is 20.8 Å². The molecule has 1 aliphatic heterocycles. The number of aromatic amines is 1. The predicted molar refractivity (Wildman–Crippen MR) is 59.7 cm³/mol. The lowest BCUT2D eigenvalue weighted by Gasteiger charge is -2.25. The van der Waals surface area contributed by atoms with Crippen molar-refractivity contribution >= 4 is 10.9 Å². The Balaban J connectivity index is 2.09. The van der Waals surface area contributed by atoms with Gasteiger partial charge in [-0.15, -0.1) is 0 Å². The fourth-order valence-corrected chi connectivity index (χ4v) is 2.20. The Labute approximate surface area is 92.2 Å². The van der Waals surface area contributed by atoms with E-state index in [1.165, 1.54) is 6.07 Å². The topological polar surface area (TPSA) is 52.7 Å². The van der Waals surface area contributed by atoms with Gasteiger partial charge in [0.05, 0.1) is 11.7 Å². The first-order valence-electron chi connectivity index (χ1n) is 5.41. The highest BCUT2D eigenvalue weighted by molar-refractivity contribution is 5.82. The monoisotopic (exact) mass is 220 g/mol. The molecule has 1 aromatic heterocycles. The van der Waals surface area contributed by atoms with E-state index in [4.69, 9.17) is 0 Å². The number of fused-ring (bicyclic) bond motifs is 1. The number of hydrogen-bond donors (Lipinski definition) is 3. The van der Waals surface area contributed by atoms with Gasteiger partial charge in [0.2, 0.25) is 0 Å². The second kappa shape index (κ2) is 3.84. The molecule has 4 nitrogen and oxygen atoms in total. The van der Waals surface area contributed by atoms with E-state index in [0.29, 0.717) is 0 Å². The molecular weight excluding hydrogens is 207 g/mol. The zero-order valence-electron chi connectivity index (χ0n) is 8.76. The Morgan fingerprint density at radius 2 is 2.25 bits per heavy atom. The van der Waals surface area contributed by atoms with Crippen LogP contribution in [0.25, 0.3) is 10.9 Å². The minimum atomic E-state index is -0.223. The average Bonchev–Trinajstić information content (AvgIpc) is 2.77. The molecule has 1 saturated heterocycles. The summed E-state index contributed by atoms with van der Waals surface area (Å²) in [6, 6.07) is 3.22. The summed E-state index contributed by atoms with van der Waals surface area (Å²) >= 11 is 0. The molecule has 16 heavy (non-hydrogen) atoms. The molecule has 0 bridgehead atoms. The van der Waals surface area contributed by atoms with E-state index in [1.807, 2.05) is 0 Å². The highest BCUT2D eigenvalue weighted by atomic mass is 19.1. The third kappa shape index (κ3) is 1.58. The summed E-state index contributed by atoms with van der Waals surface area (Å²) in [7, 11) is 0. The first kappa shape index (κ1) is 9.74. The average molecular weight is 220 g/mol. The Hall–Kier alpha value is -1.46. The van der Waals surface area contributed by atoms with Gasteiger partial charge in [0, 0.05) is 31.1 Å². The van der Waals surface area contributed by atoms with Crippen LogP contribution in [-0.2, 0) is 0 Å². The van der Waals surface area contributed by atoms with Gasteiger partial charge in [-0.25, -0.2) is 4.39 Å². The van der Waals surface area contributed by atoms with Crippen molar-refractivity contribution in [3.05, 3.63) is 29.7 Å². The molecule has 3 N–H and O–H groups in total. The molecule has 3 rings (SSSR count). The third-order valence-electron chi connectivity index (χ3n) is 2.97. The normalized spacial score (nSPS) is 21.4. The summed E-state index contributed by atoms with van der Waals surface area (Å²) < 4.78 is 13.4. The lowest BCUT2D eigenvalue weighted by atomic mass is 10.0.